The fourth-order valence-corrected chi connectivity index (χ4v) is 4.81. The molecule has 1 saturated carbocycles. The SMILES string of the molecule is CN(CC1CCn2ccnc2C1)S(=O)(=O)CC1CCC1(F)F. The quantitative estimate of drug-likeness (QED) is 0.825. The van der Waals surface area contributed by atoms with Gasteiger partial charge < -0.3 is 4.57 Å². The summed E-state index contributed by atoms with van der Waals surface area (Å²) in [5.74, 6) is -3.13. The molecule has 0 saturated heterocycles. The molecular weight excluding hydrogens is 312 g/mol. The summed E-state index contributed by atoms with van der Waals surface area (Å²) in [7, 11) is -2.14. The second-order valence-corrected chi connectivity index (χ2v) is 8.57. The minimum Gasteiger partial charge on any atom is -0.335 e. The van der Waals surface area contributed by atoms with Gasteiger partial charge in [0, 0.05) is 51.3 Å². The summed E-state index contributed by atoms with van der Waals surface area (Å²) in [6, 6.07) is 0. The molecule has 3 rings (SSSR count). The Balaban J connectivity index is 1.58. The number of aryl methyl sites for hydroxylation is 1. The molecule has 2 atom stereocenters. The van der Waals surface area contributed by atoms with Crippen LogP contribution in [-0.2, 0) is 23.0 Å². The molecule has 22 heavy (non-hydrogen) atoms. The first-order chi connectivity index (χ1) is 10.3. The van der Waals surface area contributed by atoms with Crippen LogP contribution in [0.1, 0.15) is 25.1 Å². The smallest absolute Gasteiger partial charge is 0.251 e. The van der Waals surface area contributed by atoms with Gasteiger partial charge in [-0.2, -0.15) is 0 Å². The largest absolute Gasteiger partial charge is 0.335 e. The number of aromatic nitrogens is 2. The standard InChI is InChI=1S/C14H21F2N3O2S/c1-18(22(20,21)10-12-2-4-14(12,15)16)9-11-3-6-19-7-5-17-13(19)8-11/h5,7,11-12H,2-4,6,8-10H2,1H3. The summed E-state index contributed by atoms with van der Waals surface area (Å²) in [6.07, 6.45) is 5.37. The van der Waals surface area contributed by atoms with Crippen LogP contribution in [0.2, 0.25) is 0 Å². The molecule has 5 nitrogen and oxygen atoms in total. The number of alkyl halides is 2. The number of hydrogen-bond acceptors (Lipinski definition) is 3. The van der Waals surface area contributed by atoms with Crippen molar-refractivity contribution in [2.75, 3.05) is 19.3 Å². The Morgan fingerprint density at radius 3 is 2.86 bits per heavy atom. The maximum Gasteiger partial charge on any atom is 0.251 e. The maximum atomic E-state index is 13.3. The van der Waals surface area contributed by atoms with Gasteiger partial charge in [0.1, 0.15) is 5.82 Å². The van der Waals surface area contributed by atoms with Crippen molar-refractivity contribution in [3.63, 3.8) is 0 Å². The minimum absolute atomic E-state index is 0.191. The van der Waals surface area contributed by atoms with Crippen LogP contribution >= 0.6 is 0 Å². The van der Waals surface area contributed by atoms with E-state index >= 15 is 0 Å². The number of sulfonamides is 1. The Kier molecular flexibility index (Phi) is 4.01. The third kappa shape index (κ3) is 3.03. The van der Waals surface area contributed by atoms with Gasteiger partial charge in [-0.15, -0.1) is 0 Å². The van der Waals surface area contributed by atoms with Crippen molar-refractivity contribution in [1.82, 2.24) is 13.9 Å². The lowest BCUT2D eigenvalue weighted by atomic mass is 9.82. The number of nitrogens with zero attached hydrogens (tertiary/aromatic N) is 3. The number of halogens is 2. The van der Waals surface area contributed by atoms with E-state index in [2.05, 4.69) is 9.55 Å². The maximum absolute atomic E-state index is 13.3. The van der Waals surface area contributed by atoms with Gasteiger partial charge in [0.2, 0.25) is 10.0 Å². The van der Waals surface area contributed by atoms with Crippen LogP contribution in [0.15, 0.2) is 12.4 Å². The normalized spacial score (nSPS) is 27.5. The molecule has 2 heterocycles. The average Bonchev–Trinajstić information content (AvgIpc) is 2.91. The van der Waals surface area contributed by atoms with E-state index in [1.165, 1.54) is 11.4 Å². The average molecular weight is 333 g/mol. The third-order valence-corrected chi connectivity index (χ3v) is 6.80. The van der Waals surface area contributed by atoms with Gasteiger partial charge in [0.15, 0.2) is 0 Å². The van der Waals surface area contributed by atoms with Gasteiger partial charge in [0.05, 0.1) is 5.75 Å². The number of hydrogen-bond donors (Lipinski definition) is 0. The van der Waals surface area contributed by atoms with Gasteiger partial charge in [-0.25, -0.2) is 26.5 Å². The van der Waals surface area contributed by atoms with Crippen molar-refractivity contribution in [2.24, 2.45) is 11.8 Å². The highest BCUT2D eigenvalue weighted by atomic mass is 32.2. The Morgan fingerprint density at radius 2 is 2.23 bits per heavy atom. The molecule has 0 aromatic carbocycles. The highest BCUT2D eigenvalue weighted by molar-refractivity contribution is 7.89. The van der Waals surface area contributed by atoms with E-state index in [1.54, 1.807) is 6.20 Å². The predicted octanol–water partition coefficient (Wildman–Crippen LogP) is 1.75. The Bertz CT molecular complexity index is 644. The molecule has 124 valence electrons. The predicted molar refractivity (Wildman–Crippen MR) is 78.1 cm³/mol. The van der Waals surface area contributed by atoms with Crippen molar-refractivity contribution in [3.05, 3.63) is 18.2 Å². The molecule has 0 bridgehead atoms. The Morgan fingerprint density at radius 1 is 1.45 bits per heavy atom. The van der Waals surface area contributed by atoms with Gasteiger partial charge >= 0.3 is 0 Å². The van der Waals surface area contributed by atoms with Crippen LogP contribution < -0.4 is 0 Å². The molecule has 0 radical (unpaired) electrons. The van der Waals surface area contributed by atoms with Gasteiger partial charge in [-0.3, -0.25) is 0 Å². The second-order valence-electron chi connectivity index (χ2n) is 6.45. The molecular formula is C14H21F2N3O2S. The second kappa shape index (κ2) is 5.56. The zero-order valence-electron chi connectivity index (χ0n) is 12.6. The highest BCUT2D eigenvalue weighted by Gasteiger charge is 2.50. The van der Waals surface area contributed by atoms with E-state index in [0.29, 0.717) is 13.0 Å². The van der Waals surface area contributed by atoms with Crippen molar-refractivity contribution >= 4 is 10.0 Å². The van der Waals surface area contributed by atoms with Crippen molar-refractivity contribution < 1.29 is 17.2 Å². The summed E-state index contributed by atoms with van der Waals surface area (Å²) in [5.41, 5.74) is 0. The van der Waals surface area contributed by atoms with Crippen molar-refractivity contribution in [1.29, 1.82) is 0 Å². The molecule has 0 N–H and O–H groups in total. The van der Waals surface area contributed by atoms with Crippen molar-refractivity contribution in [3.8, 4) is 0 Å². The first-order valence-electron chi connectivity index (χ1n) is 7.60. The number of fused-ring (bicyclic) bond motifs is 1. The molecule has 0 spiro atoms. The van der Waals surface area contributed by atoms with E-state index in [4.69, 9.17) is 0 Å². The van der Waals surface area contributed by atoms with E-state index in [-0.39, 0.29) is 12.3 Å². The Hall–Kier alpha value is -1.02. The van der Waals surface area contributed by atoms with Crippen molar-refractivity contribution in [2.45, 2.75) is 38.2 Å². The first kappa shape index (κ1) is 15.9. The van der Waals surface area contributed by atoms with E-state index in [1.807, 2.05) is 6.20 Å². The van der Waals surface area contributed by atoms with Crippen LogP contribution in [0.4, 0.5) is 8.78 Å². The molecule has 1 aliphatic carbocycles. The zero-order chi connectivity index (χ0) is 16.0. The lowest BCUT2D eigenvalue weighted by Gasteiger charge is -2.37. The van der Waals surface area contributed by atoms with Crippen LogP contribution in [0.3, 0.4) is 0 Å². The topological polar surface area (TPSA) is 55.2 Å². The monoisotopic (exact) mass is 333 g/mol. The molecule has 8 heteroatoms. The third-order valence-electron chi connectivity index (χ3n) is 4.88. The molecule has 2 unspecified atom stereocenters. The molecule has 1 fully saturated rings. The molecule has 1 aromatic rings. The van der Waals surface area contributed by atoms with Crippen LogP contribution in [0.5, 0.6) is 0 Å². The van der Waals surface area contributed by atoms with Crippen LogP contribution in [-0.4, -0.2) is 47.5 Å². The fourth-order valence-electron chi connectivity index (χ4n) is 3.20. The van der Waals surface area contributed by atoms with Gasteiger partial charge in [-0.05, 0) is 18.8 Å². The molecule has 0 amide bonds. The summed E-state index contributed by atoms with van der Waals surface area (Å²) in [4.78, 5) is 4.26. The summed E-state index contributed by atoms with van der Waals surface area (Å²) < 4.78 is 54.4. The van der Waals surface area contributed by atoms with Crippen LogP contribution in [0.25, 0.3) is 0 Å². The first-order valence-corrected chi connectivity index (χ1v) is 9.21. The van der Waals surface area contributed by atoms with Crippen LogP contribution in [0, 0.1) is 11.8 Å². The van der Waals surface area contributed by atoms with Gasteiger partial charge in [0.25, 0.3) is 5.92 Å². The lowest BCUT2D eigenvalue weighted by Crippen LogP contribution is -2.46. The molecule has 2 aliphatic rings. The zero-order valence-corrected chi connectivity index (χ0v) is 13.4. The van der Waals surface area contributed by atoms with Gasteiger partial charge in [-0.1, -0.05) is 0 Å². The van der Waals surface area contributed by atoms with E-state index < -0.39 is 27.6 Å². The summed E-state index contributed by atoms with van der Waals surface area (Å²) in [5, 5.41) is 0. The fraction of sp³-hybridized carbons (Fsp3) is 0.786. The minimum atomic E-state index is -3.63. The molecule has 1 aliphatic heterocycles. The number of imidazole rings is 1. The molecule has 1 aromatic heterocycles. The van der Waals surface area contributed by atoms with E-state index in [0.717, 1.165) is 25.2 Å². The lowest BCUT2D eigenvalue weighted by molar-refractivity contribution is -0.122. The highest BCUT2D eigenvalue weighted by Crippen LogP contribution is 2.44. The Labute approximate surface area is 129 Å². The summed E-state index contributed by atoms with van der Waals surface area (Å²) in [6.45, 7) is 1.20. The summed E-state index contributed by atoms with van der Waals surface area (Å²) >= 11 is 0. The number of rotatable bonds is 5. The van der Waals surface area contributed by atoms with E-state index in [9.17, 15) is 17.2 Å².